The highest BCUT2D eigenvalue weighted by Gasteiger charge is 2.59. The van der Waals surface area contributed by atoms with Gasteiger partial charge in [-0.1, -0.05) is 13.0 Å². The number of fused-ring (bicyclic) bond motifs is 5. The molecule has 3 aliphatic carbocycles. The summed E-state index contributed by atoms with van der Waals surface area (Å²) < 4.78 is 0. The maximum Gasteiger partial charge on any atom is 0.115 e. The summed E-state index contributed by atoms with van der Waals surface area (Å²) in [6.07, 6.45) is 1.37. The first-order chi connectivity index (χ1) is 10.4. The van der Waals surface area contributed by atoms with Crippen molar-refractivity contribution in [3.05, 3.63) is 29.3 Å². The van der Waals surface area contributed by atoms with E-state index in [9.17, 15) is 20.4 Å². The summed E-state index contributed by atoms with van der Waals surface area (Å²) >= 11 is 0. The molecule has 4 N–H and O–H groups in total. The zero-order valence-electron chi connectivity index (χ0n) is 12.8. The largest absolute Gasteiger partial charge is 0.508 e. The molecule has 1 aromatic carbocycles. The smallest absolute Gasteiger partial charge is 0.115 e. The van der Waals surface area contributed by atoms with Crippen molar-refractivity contribution < 1.29 is 20.4 Å². The molecule has 4 rings (SSSR count). The van der Waals surface area contributed by atoms with Crippen LogP contribution in [0.15, 0.2) is 18.2 Å². The van der Waals surface area contributed by atoms with Crippen LogP contribution < -0.4 is 0 Å². The molecule has 3 aliphatic rings. The van der Waals surface area contributed by atoms with E-state index < -0.39 is 18.3 Å². The predicted molar refractivity (Wildman–Crippen MR) is 81.4 cm³/mol. The van der Waals surface area contributed by atoms with Crippen LogP contribution in [0.25, 0.3) is 0 Å². The topological polar surface area (TPSA) is 80.9 Å². The van der Waals surface area contributed by atoms with Gasteiger partial charge in [0, 0.05) is 6.42 Å². The van der Waals surface area contributed by atoms with Crippen molar-refractivity contribution >= 4 is 0 Å². The average Bonchev–Trinajstić information content (AvgIpc) is 2.69. The first kappa shape index (κ1) is 14.5. The average molecular weight is 304 g/mol. The van der Waals surface area contributed by atoms with Gasteiger partial charge in [0.25, 0.3) is 0 Å². The molecule has 0 amide bonds. The quantitative estimate of drug-likeness (QED) is 0.591. The van der Waals surface area contributed by atoms with Crippen molar-refractivity contribution in [1.82, 2.24) is 0 Å². The molecule has 0 aromatic heterocycles. The van der Waals surface area contributed by atoms with E-state index in [4.69, 9.17) is 0 Å². The van der Waals surface area contributed by atoms with Crippen LogP contribution >= 0.6 is 0 Å². The summed E-state index contributed by atoms with van der Waals surface area (Å²) in [5, 5.41) is 41.1. The molecular weight excluding hydrogens is 280 g/mol. The van der Waals surface area contributed by atoms with Crippen molar-refractivity contribution in [1.29, 1.82) is 0 Å². The molecule has 120 valence electrons. The lowest BCUT2D eigenvalue weighted by molar-refractivity contribution is -0.0586. The first-order valence-electron chi connectivity index (χ1n) is 8.29. The van der Waals surface area contributed by atoms with E-state index in [0.717, 1.165) is 24.0 Å². The third-order valence-corrected chi connectivity index (χ3v) is 6.70. The van der Waals surface area contributed by atoms with Gasteiger partial charge in [-0.2, -0.15) is 0 Å². The zero-order chi connectivity index (χ0) is 15.6. The predicted octanol–water partition coefficient (Wildman–Crippen LogP) is 2.07. The lowest BCUT2D eigenvalue weighted by Crippen LogP contribution is -2.46. The highest BCUT2D eigenvalue weighted by Crippen LogP contribution is 2.62. The van der Waals surface area contributed by atoms with E-state index >= 15 is 0 Å². The Labute approximate surface area is 130 Å². The Morgan fingerprint density at radius 2 is 1.86 bits per heavy atom. The summed E-state index contributed by atoms with van der Waals surface area (Å²) in [7, 11) is 0. The second-order valence-electron chi connectivity index (χ2n) is 7.72. The van der Waals surface area contributed by atoms with Crippen molar-refractivity contribution in [2.75, 3.05) is 0 Å². The molecule has 4 nitrogen and oxygen atoms in total. The summed E-state index contributed by atoms with van der Waals surface area (Å²) in [5.41, 5.74) is 1.70. The summed E-state index contributed by atoms with van der Waals surface area (Å²) in [6, 6.07) is 5.27. The Kier molecular flexibility index (Phi) is 3.09. The van der Waals surface area contributed by atoms with Gasteiger partial charge in [0.2, 0.25) is 0 Å². The third-order valence-electron chi connectivity index (χ3n) is 6.70. The number of hydrogen-bond acceptors (Lipinski definition) is 4. The van der Waals surface area contributed by atoms with Gasteiger partial charge in [0.15, 0.2) is 0 Å². The Morgan fingerprint density at radius 3 is 2.64 bits per heavy atom. The minimum Gasteiger partial charge on any atom is -0.508 e. The number of aliphatic hydroxyl groups is 3. The van der Waals surface area contributed by atoms with Crippen LogP contribution in [0.1, 0.15) is 55.8 Å². The number of aliphatic hydroxyl groups excluding tert-OH is 3. The second-order valence-corrected chi connectivity index (χ2v) is 7.72. The maximum absolute atomic E-state index is 10.5. The zero-order valence-corrected chi connectivity index (χ0v) is 12.8. The molecule has 0 saturated heterocycles. The van der Waals surface area contributed by atoms with Crippen LogP contribution in [0.3, 0.4) is 0 Å². The fourth-order valence-corrected chi connectivity index (χ4v) is 5.61. The van der Waals surface area contributed by atoms with Crippen LogP contribution in [0.5, 0.6) is 5.75 Å². The van der Waals surface area contributed by atoms with Gasteiger partial charge in [-0.25, -0.2) is 0 Å². The molecule has 0 bridgehead atoms. The third kappa shape index (κ3) is 1.81. The molecule has 0 radical (unpaired) electrons. The number of rotatable bonds is 0. The Morgan fingerprint density at radius 1 is 1.09 bits per heavy atom. The standard InChI is InChI=1S/C18H24O4/c1-18-5-4-11-10-3-2-9(19)6-12(10)14(20)7-13(11)17(18)15(21)8-16(18)22/h2-3,6,11,13-17,19-22H,4-5,7-8H2,1H3/t11?,13-,14?,15?,16+,17?,18-/m1/s1. The number of phenols is 1. The number of aromatic hydroxyl groups is 1. The first-order valence-corrected chi connectivity index (χ1v) is 8.29. The second kappa shape index (κ2) is 4.70. The van der Waals surface area contributed by atoms with E-state index in [0.29, 0.717) is 18.8 Å². The van der Waals surface area contributed by atoms with E-state index in [1.54, 1.807) is 12.1 Å². The molecule has 4 unspecified atom stereocenters. The van der Waals surface area contributed by atoms with Crippen LogP contribution in [-0.4, -0.2) is 32.6 Å². The van der Waals surface area contributed by atoms with Gasteiger partial charge in [0.05, 0.1) is 18.3 Å². The Balaban J connectivity index is 1.77. The summed E-state index contributed by atoms with van der Waals surface area (Å²) in [6.45, 7) is 2.09. The van der Waals surface area contributed by atoms with Crippen molar-refractivity contribution in [3.63, 3.8) is 0 Å². The minimum absolute atomic E-state index is 0.0397. The number of phenolic OH excluding ortho intramolecular Hbond substituents is 1. The lowest BCUT2D eigenvalue weighted by Gasteiger charge is -2.51. The number of benzene rings is 1. The molecule has 22 heavy (non-hydrogen) atoms. The van der Waals surface area contributed by atoms with Crippen LogP contribution in [-0.2, 0) is 0 Å². The van der Waals surface area contributed by atoms with Crippen molar-refractivity contribution in [2.24, 2.45) is 17.3 Å². The highest BCUT2D eigenvalue weighted by molar-refractivity contribution is 5.41. The molecule has 0 aliphatic heterocycles. The van der Waals surface area contributed by atoms with Gasteiger partial charge in [-0.15, -0.1) is 0 Å². The van der Waals surface area contributed by atoms with Gasteiger partial charge in [-0.05, 0) is 65.7 Å². The maximum atomic E-state index is 10.5. The molecule has 4 heteroatoms. The fourth-order valence-electron chi connectivity index (χ4n) is 5.61. The highest BCUT2D eigenvalue weighted by atomic mass is 16.3. The summed E-state index contributed by atoms with van der Waals surface area (Å²) in [5.74, 6) is 0.723. The van der Waals surface area contributed by atoms with E-state index in [1.165, 1.54) is 0 Å². The monoisotopic (exact) mass is 304 g/mol. The van der Waals surface area contributed by atoms with Crippen molar-refractivity contribution in [2.45, 2.75) is 56.8 Å². The van der Waals surface area contributed by atoms with Gasteiger partial charge in [-0.3, -0.25) is 0 Å². The molecule has 1 aromatic rings. The molecule has 0 heterocycles. The molecule has 2 saturated carbocycles. The van der Waals surface area contributed by atoms with E-state index in [1.807, 2.05) is 6.07 Å². The van der Waals surface area contributed by atoms with E-state index in [-0.39, 0.29) is 23.0 Å². The van der Waals surface area contributed by atoms with Gasteiger partial charge < -0.3 is 20.4 Å². The Hall–Kier alpha value is -1.10. The number of hydrogen-bond donors (Lipinski definition) is 4. The van der Waals surface area contributed by atoms with E-state index in [2.05, 4.69) is 6.92 Å². The van der Waals surface area contributed by atoms with Crippen LogP contribution in [0.4, 0.5) is 0 Å². The van der Waals surface area contributed by atoms with Crippen LogP contribution in [0, 0.1) is 17.3 Å². The summed E-state index contributed by atoms with van der Waals surface area (Å²) in [4.78, 5) is 0. The fraction of sp³-hybridized carbons (Fsp3) is 0.667. The van der Waals surface area contributed by atoms with Gasteiger partial charge in [0.1, 0.15) is 5.75 Å². The molecule has 0 spiro atoms. The Bertz CT molecular complexity index is 601. The molecule has 7 atom stereocenters. The molecular formula is C18H24O4. The van der Waals surface area contributed by atoms with Crippen molar-refractivity contribution in [3.8, 4) is 5.75 Å². The SMILES string of the molecule is C[C@]12CCC3c4ccc(O)cc4C(O)C[C@H]3C1C(O)C[C@@H]2O. The molecule has 2 fully saturated rings. The minimum atomic E-state index is -0.601. The normalized spacial score (nSPS) is 46.7. The van der Waals surface area contributed by atoms with Gasteiger partial charge >= 0.3 is 0 Å². The lowest BCUT2D eigenvalue weighted by atomic mass is 9.54. The van der Waals surface area contributed by atoms with Crippen LogP contribution in [0.2, 0.25) is 0 Å².